The van der Waals surface area contributed by atoms with E-state index in [0.29, 0.717) is 31.2 Å². The average molecular weight is 308 g/mol. The maximum Gasteiger partial charge on any atom is 0.252 e. The number of nitrogens with one attached hydrogen (secondary N) is 1. The Morgan fingerprint density at radius 3 is 3.00 bits per heavy atom. The van der Waals surface area contributed by atoms with Crippen LogP contribution in [0.1, 0.15) is 37.0 Å². The molecule has 0 spiro atoms. The minimum atomic E-state index is -0.132. The maximum atomic E-state index is 11.9. The van der Waals surface area contributed by atoms with Crippen molar-refractivity contribution < 1.29 is 19.0 Å². The topological polar surface area (TPSA) is 69.7 Å². The highest BCUT2D eigenvalue weighted by Gasteiger charge is 2.17. The van der Waals surface area contributed by atoms with Crippen LogP contribution in [-0.2, 0) is 9.47 Å². The zero-order valence-electron chi connectivity index (χ0n) is 13.2. The van der Waals surface area contributed by atoms with Gasteiger partial charge in [-0.2, -0.15) is 0 Å². The Bertz CT molecular complexity index is 456. The summed E-state index contributed by atoms with van der Waals surface area (Å²) in [6, 6.07) is 3.44. The van der Waals surface area contributed by atoms with Crippen LogP contribution in [0.15, 0.2) is 18.3 Å². The van der Waals surface area contributed by atoms with Crippen LogP contribution in [0.4, 0.5) is 0 Å². The Hall–Kier alpha value is -1.66. The third-order valence-corrected chi connectivity index (χ3v) is 3.23. The molecule has 0 bridgehead atoms. The van der Waals surface area contributed by atoms with E-state index in [4.69, 9.17) is 14.2 Å². The van der Waals surface area contributed by atoms with E-state index in [9.17, 15) is 4.79 Å². The molecule has 1 aliphatic heterocycles. The number of hydrogen-bond acceptors (Lipinski definition) is 5. The van der Waals surface area contributed by atoms with Crippen molar-refractivity contribution in [3.05, 3.63) is 23.9 Å². The van der Waals surface area contributed by atoms with Gasteiger partial charge in [0.2, 0.25) is 5.88 Å². The van der Waals surface area contributed by atoms with Crippen molar-refractivity contribution in [2.75, 3.05) is 26.4 Å². The minimum Gasteiger partial charge on any atom is -0.472 e. The van der Waals surface area contributed by atoms with Crippen molar-refractivity contribution >= 4 is 5.91 Å². The fraction of sp³-hybridized carbons (Fsp3) is 0.625. The number of hydrogen-bond donors (Lipinski definition) is 1. The summed E-state index contributed by atoms with van der Waals surface area (Å²) in [5, 5.41) is 2.85. The molecule has 1 aliphatic rings. The van der Waals surface area contributed by atoms with Crippen molar-refractivity contribution in [1.29, 1.82) is 0 Å². The molecule has 0 aliphatic carbocycles. The van der Waals surface area contributed by atoms with E-state index in [-0.39, 0.29) is 18.1 Å². The summed E-state index contributed by atoms with van der Waals surface area (Å²) >= 11 is 0. The van der Waals surface area contributed by atoms with Gasteiger partial charge in [-0.25, -0.2) is 4.98 Å². The van der Waals surface area contributed by atoms with Crippen molar-refractivity contribution in [2.45, 2.75) is 38.9 Å². The highest BCUT2D eigenvalue weighted by molar-refractivity contribution is 5.93. The van der Waals surface area contributed by atoms with Gasteiger partial charge in [-0.3, -0.25) is 4.79 Å². The fourth-order valence-electron chi connectivity index (χ4n) is 2.06. The van der Waals surface area contributed by atoms with E-state index in [0.717, 1.165) is 19.4 Å². The van der Waals surface area contributed by atoms with Gasteiger partial charge >= 0.3 is 0 Å². The van der Waals surface area contributed by atoms with Crippen LogP contribution in [0.3, 0.4) is 0 Å². The lowest BCUT2D eigenvalue weighted by Gasteiger charge is -2.11. The number of carbonyl (C=O) groups is 1. The van der Waals surface area contributed by atoms with Crippen LogP contribution < -0.4 is 10.1 Å². The molecule has 2 heterocycles. The predicted octanol–water partition coefficient (Wildman–Crippen LogP) is 1.79. The summed E-state index contributed by atoms with van der Waals surface area (Å²) in [6.07, 6.45) is 3.49. The molecule has 1 atom stereocenters. The van der Waals surface area contributed by atoms with Crippen LogP contribution in [0.25, 0.3) is 0 Å². The van der Waals surface area contributed by atoms with E-state index >= 15 is 0 Å². The second kappa shape index (κ2) is 8.70. The summed E-state index contributed by atoms with van der Waals surface area (Å²) in [7, 11) is 0. The summed E-state index contributed by atoms with van der Waals surface area (Å²) in [5.74, 6) is 0.394. The van der Waals surface area contributed by atoms with E-state index in [1.54, 1.807) is 12.1 Å². The van der Waals surface area contributed by atoms with Gasteiger partial charge in [0.05, 0.1) is 24.9 Å². The van der Waals surface area contributed by atoms with Gasteiger partial charge < -0.3 is 19.5 Å². The highest BCUT2D eigenvalue weighted by Crippen LogP contribution is 2.14. The van der Waals surface area contributed by atoms with Gasteiger partial charge in [-0.05, 0) is 26.3 Å². The molecule has 0 saturated carbocycles. The van der Waals surface area contributed by atoms with Gasteiger partial charge in [-0.1, -0.05) is 0 Å². The van der Waals surface area contributed by atoms with Gasteiger partial charge in [0.1, 0.15) is 6.10 Å². The first-order chi connectivity index (χ1) is 10.6. The molecule has 1 fully saturated rings. The standard InChI is InChI=1S/C16H24N2O4/c1-12(2)21-8-3-7-17-16(19)13-4-5-15(18-10-13)22-14-6-9-20-11-14/h4-5,10,12,14H,3,6-9,11H2,1-2H3,(H,17,19). The zero-order chi connectivity index (χ0) is 15.8. The molecule has 0 radical (unpaired) electrons. The van der Waals surface area contributed by atoms with Gasteiger partial charge in [0.25, 0.3) is 5.91 Å². The van der Waals surface area contributed by atoms with E-state index < -0.39 is 0 Å². The molecular formula is C16H24N2O4. The molecular weight excluding hydrogens is 284 g/mol. The second-order valence-corrected chi connectivity index (χ2v) is 5.52. The molecule has 0 aromatic carbocycles. The third kappa shape index (κ3) is 5.61. The van der Waals surface area contributed by atoms with E-state index in [1.165, 1.54) is 6.20 Å². The first-order valence-corrected chi connectivity index (χ1v) is 7.75. The Morgan fingerprint density at radius 1 is 1.50 bits per heavy atom. The Labute approximate surface area is 131 Å². The lowest BCUT2D eigenvalue weighted by molar-refractivity contribution is 0.0757. The number of ether oxygens (including phenoxy) is 3. The molecule has 122 valence electrons. The molecule has 1 N–H and O–H groups in total. The lowest BCUT2D eigenvalue weighted by Crippen LogP contribution is -2.25. The number of nitrogens with zero attached hydrogens (tertiary/aromatic N) is 1. The average Bonchev–Trinajstić information content (AvgIpc) is 3.00. The van der Waals surface area contributed by atoms with Crippen molar-refractivity contribution in [3.8, 4) is 5.88 Å². The summed E-state index contributed by atoms with van der Waals surface area (Å²) in [5.41, 5.74) is 0.528. The molecule has 22 heavy (non-hydrogen) atoms. The number of rotatable bonds is 8. The van der Waals surface area contributed by atoms with Gasteiger partial charge in [-0.15, -0.1) is 0 Å². The minimum absolute atomic E-state index is 0.0631. The number of amides is 1. The number of carbonyl (C=O) groups excluding carboxylic acids is 1. The molecule has 1 aromatic rings. The largest absolute Gasteiger partial charge is 0.472 e. The van der Waals surface area contributed by atoms with Crippen LogP contribution in [0, 0.1) is 0 Å². The Balaban J connectivity index is 1.71. The number of pyridine rings is 1. The van der Waals surface area contributed by atoms with Crippen LogP contribution in [0.2, 0.25) is 0 Å². The summed E-state index contributed by atoms with van der Waals surface area (Å²) in [6.45, 7) is 6.54. The monoisotopic (exact) mass is 308 g/mol. The van der Waals surface area contributed by atoms with E-state index in [2.05, 4.69) is 10.3 Å². The second-order valence-electron chi connectivity index (χ2n) is 5.52. The quantitative estimate of drug-likeness (QED) is 0.742. The Morgan fingerprint density at radius 2 is 2.36 bits per heavy atom. The smallest absolute Gasteiger partial charge is 0.252 e. The SMILES string of the molecule is CC(C)OCCCNC(=O)c1ccc(OC2CCOC2)nc1. The molecule has 1 unspecified atom stereocenters. The first kappa shape index (κ1) is 16.7. The highest BCUT2D eigenvalue weighted by atomic mass is 16.5. The van der Waals surface area contributed by atoms with Crippen molar-refractivity contribution in [1.82, 2.24) is 10.3 Å². The Kier molecular flexibility index (Phi) is 6.61. The summed E-state index contributed by atoms with van der Waals surface area (Å²) < 4.78 is 16.3. The van der Waals surface area contributed by atoms with Gasteiger partial charge in [0, 0.05) is 31.8 Å². The fourth-order valence-corrected chi connectivity index (χ4v) is 2.06. The first-order valence-electron chi connectivity index (χ1n) is 7.75. The maximum absolute atomic E-state index is 11.9. The molecule has 6 heteroatoms. The summed E-state index contributed by atoms with van der Waals surface area (Å²) in [4.78, 5) is 16.1. The van der Waals surface area contributed by atoms with Crippen LogP contribution in [0.5, 0.6) is 5.88 Å². The predicted molar refractivity (Wildman–Crippen MR) is 82.1 cm³/mol. The van der Waals surface area contributed by atoms with Gasteiger partial charge in [0.15, 0.2) is 0 Å². The van der Waals surface area contributed by atoms with Crippen LogP contribution >= 0.6 is 0 Å². The third-order valence-electron chi connectivity index (χ3n) is 3.23. The normalized spacial score (nSPS) is 17.7. The molecule has 1 saturated heterocycles. The number of aromatic nitrogens is 1. The zero-order valence-corrected chi connectivity index (χ0v) is 13.2. The van der Waals surface area contributed by atoms with Crippen molar-refractivity contribution in [2.24, 2.45) is 0 Å². The molecule has 1 amide bonds. The molecule has 2 rings (SSSR count). The van der Waals surface area contributed by atoms with Crippen molar-refractivity contribution in [3.63, 3.8) is 0 Å². The molecule has 6 nitrogen and oxygen atoms in total. The van der Waals surface area contributed by atoms with E-state index in [1.807, 2.05) is 13.8 Å². The lowest BCUT2D eigenvalue weighted by atomic mass is 10.2. The van der Waals surface area contributed by atoms with Crippen LogP contribution in [-0.4, -0.2) is 49.5 Å². The molecule has 1 aromatic heterocycles.